The van der Waals surface area contributed by atoms with Gasteiger partial charge in [-0.2, -0.15) is 5.10 Å². The van der Waals surface area contributed by atoms with Crippen molar-refractivity contribution in [2.75, 3.05) is 14.2 Å². The lowest BCUT2D eigenvalue weighted by atomic mass is 10.1. The molecule has 7 heteroatoms. The molecule has 0 aliphatic rings. The van der Waals surface area contributed by atoms with E-state index >= 15 is 0 Å². The van der Waals surface area contributed by atoms with Crippen LogP contribution < -0.4 is 10.2 Å². The third kappa shape index (κ3) is 4.89. The number of hydrogen-bond acceptors (Lipinski definition) is 4. The molecule has 2 atom stereocenters. The topological polar surface area (TPSA) is 77.7 Å². The summed E-state index contributed by atoms with van der Waals surface area (Å²) >= 11 is 0. The van der Waals surface area contributed by atoms with Crippen molar-refractivity contribution >= 4 is 12.0 Å². The number of rotatable bonds is 6. The summed E-state index contributed by atoms with van der Waals surface area (Å²) in [5.41, 5.74) is 3.85. The van der Waals surface area contributed by atoms with Gasteiger partial charge in [-0.25, -0.2) is 9.48 Å². The smallest absolute Gasteiger partial charge is 0.413 e. The van der Waals surface area contributed by atoms with Gasteiger partial charge < -0.3 is 9.64 Å². The van der Waals surface area contributed by atoms with Crippen LogP contribution >= 0.6 is 0 Å². The standard InChI is InChI=1S/C22H24N4O3/c1-16(21(27)23-22(28)29-3)25(2)14-18-15-26(19-12-8-5-9-13-19)24-20(18)17-10-6-4-7-11-17/h4-13,15-16H,14H2,1-3H3,(H,23,27,28)/p+1/t16-/m0/s1. The molecular formula is C22H25N4O3+. The highest BCUT2D eigenvalue weighted by molar-refractivity contribution is 5.93. The zero-order chi connectivity index (χ0) is 20.8. The third-order valence-electron chi connectivity index (χ3n) is 4.87. The van der Waals surface area contributed by atoms with Crippen molar-refractivity contribution in [2.45, 2.75) is 19.5 Å². The Morgan fingerprint density at radius 2 is 1.72 bits per heavy atom. The van der Waals surface area contributed by atoms with Gasteiger partial charge >= 0.3 is 6.09 Å². The molecule has 0 aliphatic heterocycles. The second-order valence-electron chi connectivity index (χ2n) is 6.87. The Morgan fingerprint density at radius 1 is 1.10 bits per heavy atom. The van der Waals surface area contributed by atoms with Gasteiger partial charge in [-0.1, -0.05) is 48.5 Å². The van der Waals surface area contributed by atoms with Crippen molar-refractivity contribution in [3.05, 3.63) is 72.4 Å². The molecule has 1 unspecified atom stereocenters. The predicted molar refractivity (Wildman–Crippen MR) is 110 cm³/mol. The van der Waals surface area contributed by atoms with Crippen LogP contribution in [0.4, 0.5) is 4.79 Å². The van der Waals surface area contributed by atoms with E-state index in [2.05, 4.69) is 10.1 Å². The summed E-state index contributed by atoms with van der Waals surface area (Å²) in [6.07, 6.45) is 1.24. The number of amides is 2. The highest BCUT2D eigenvalue weighted by Gasteiger charge is 2.26. The average molecular weight is 393 g/mol. The van der Waals surface area contributed by atoms with E-state index in [9.17, 15) is 9.59 Å². The molecule has 0 bridgehead atoms. The van der Waals surface area contributed by atoms with Crippen LogP contribution in [0.25, 0.3) is 16.9 Å². The van der Waals surface area contributed by atoms with Crippen LogP contribution in [0, 0.1) is 0 Å². The van der Waals surface area contributed by atoms with Crippen LogP contribution in [0.5, 0.6) is 0 Å². The van der Waals surface area contributed by atoms with E-state index in [0.717, 1.165) is 27.4 Å². The number of nitrogens with zero attached hydrogens (tertiary/aromatic N) is 2. The maximum absolute atomic E-state index is 12.3. The quantitative estimate of drug-likeness (QED) is 0.670. The number of para-hydroxylation sites is 1. The van der Waals surface area contributed by atoms with E-state index in [4.69, 9.17) is 5.10 Å². The molecular weight excluding hydrogens is 368 g/mol. The Kier molecular flexibility index (Phi) is 6.41. The summed E-state index contributed by atoms with van der Waals surface area (Å²) in [5, 5.41) is 7.03. The minimum Gasteiger partial charge on any atom is -0.453 e. The molecule has 2 amide bonds. The molecule has 3 aromatic rings. The Labute approximate surface area is 169 Å². The van der Waals surface area contributed by atoms with Gasteiger partial charge in [0.25, 0.3) is 5.91 Å². The zero-order valence-electron chi connectivity index (χ0n) is 16.8. The van der Waals surface area contributed by atoms with Gasteiger partial charge in [0, 0.05) is 11.8 Å². The molecule has 1 heterocycles. The van der Waals surface area contributed by atoms with Crippen LogP contribution in [0.3, 0.4) is 0 Å². The van der Waals surface area contributed by atoms with E-state index in [-0.39, 0.29) is 5.91 Å². The fraction of sp³-hybridized carbons (Fsp3) is 0.227. The minimum absolute atomic E-state index is 0.383. The largest absolute Gasteiger partial charge is 0.453 e. The monoisotopic (exact) mass is 393 g/mol. The predicted octanol–water partition coefficient (Wildman–Crippen LogP) is 1.83. The first kappa shape index (κ1) is 20.3. The summed E-state index contributed by atoms with van der Waals surface area (Å²) in [6.45, 7) is 2.34. The first-order valence-corrected chi connectivity index (χ1v) is 9.40. The van der Waals surface area contributed by atoms with Crippen LogP contribution in [0.1, 0.15) is 12.5 Å². The minimum atomic E-state index is -0.753. The number of nitrogens with one attached hydrogen (secondary N) is 2. The molecule has 0 aliphatic carbocycles. The van der Waals surface area contributed by atoms with Gasteiger partial charge in [0.1, 0.15) is 12.2 Å². The lowest BCUT2D eigenvalue weighted by molar-refractivity contribution is -0.908. The summed E-state index contributed by atoms with van der Waals surface area (Å²) in [7, 11) is 3.14. The Hall–Kier alpha value is -3.45. The molecule has 3 rings (SSSR count). The van der Waals surface area contributed by atoms with Crippen molar-refractivity contribution < 1.29 is 19.2 Å². The van der Waals surface area contributed by atoms with Gasteiger partial charge in [0.2, 0.25) is 0 Å². The highest BCUT2D eigenvalue weighted by atomic mass is 16.5. The number of aromatic nitrogens is 2. The second-order valence-corrected chi connectivity index (χ2v) is 6.87. The molecule has 0 saturated carbocycles. The van der Waals surface area contributed by atoms with Gasteiger partial charge in [0.15, 0.2) is 6.04 Å². The first-order chi connectivity index (χ1) is 14.0. The normalized spacial score (nSPS) is 12.8. The summed E-state index contributed by atoms with van der Waals surface area (Å²) in [4.78, 5) is 24.5. The number of quaternary nitrogens is 1. The first-order valence-electron chi connectivity index (χ1n) is 9.40. The van der Waals surface area contributed by atoms with E-state index in [1.54, 1.807) is 6.92 Å². The van der Waals surface area contributed by atoms with Gasteiger partial charge in [-0.05, 0) is 19.1 Å². The van der Waals surface area contributed by atoms with Gasteiger partial charge in [-0.15, -0.1) is 0 Å². The Balaban J connectivity index is 1.88. The van der Waals surface area contributed by atoms with Crippen molar-refractivity contribution in [2.24, 2.45) is 0 Å². The summed E-state index contributed by atoms with van der Waals surface area (Å²) < 4.78 is 6.36. The van der Waals surface area contributed by atoms with Gasteiger partial charge in [0.05, 0.1) is 25.4 Å². The van der Waals surface area contributed by atoms with Crippen molar-refractivity contribution in [1.29, 1.82) is 0 Å². The second kappa shape index (κ2) is 9.16. The van der Waals surface area contributed by atoms with Crippen molar-refractivity contribution in [3.8, 4) is 16.9 Å². The molecule has 0 radical (unpaired) electrons. The number of methoxy groups -OCH3 is 1. The maximum atomic E-state index is 12.3. The third-order valence-corrected chi connectivity index (χ3v) is 4.87. The number of hydrogen-bond donors (Lipinski definition) is 2. The fourth-order valence-corrected chi connectivity index (χ4v) is 3.03. The number of carbonyl (C=O) groups excluding carboxylic acids is 2. The maximum Gasteiger partial charge on any atom is 0.413 e. The number of carbonyl (C=O) groups is 2. The Bertz CT molecular complexity index is 970. The zero-order valence-corrected chi connectivity index (χ0v) is 16.8. The molecule has 0 fully saturated rings. The fourth-order valence-electron chi connectivity index (χ4n) is 3.03. The van der Waals surface area contributed by atoms with E-state index in [1.807, 2.05) is 78.6 Å². The molecule has 1 aromatic heterocycles. The molecule has 2 aromatic carbocycles. The number of likely N-dealkylation sites (N-methyl/N-ethyl adjacent to an activating group) is 1. The Morgan fingerprint density at radius 3 is 2.34 bits per heavy atom. The molecule has 150 valence electrons. The lowest BCUT2D eigenvalue weighted by Gasteiger charge is -2.20. The van der Waals surface area contributed by atoms with Crippen LogP contribution in [-0.4, -0.2) is 42.0 Å². The molecule has 0 spiro atoms. The average Bonchev–Trinajstić information content (AvgIpc) is 3.18. The molecule has 7 nitrogen and oxygen atoms in total. The molecule has 29 heavy (non-hydrogen) atoms. The lowest BCUT2D eigenvalue weighted by Crippen LogP contribution is -3.12. The van der Waals surface area contributed by atoms with Gasteiger partial charge in [-0.3, -0.25) is 10.1 Å². The van der Waals surface area contributed by atoms with Crippen LogP contribution in [0.2, 0.25) is 0 Å². The number of imide groups is 1. The molecule has 0 saturated heterocycles. The summed E-state index contributed by atoms with van der Waals surface area (Å²) in [5.74, 6) is -0.383. The molecule has 2 N–H and O–H groups in total. The SMILES string of the molecule is COC(=O)NC(=O)[C@H](C)[NH+](C)Cc1cn(-c2ccccc2)nc1-c1ccccc1. The van der Waals surface area contributed by atoms with E-state index in [1.165, 1.54) is 7.11 Å². The van der Waals surface area contributed by atoms with Crippen LogP contribution in [0.15, 0.2) is 66.9 Å². The van der Waals surface area contributed by atoms with E-state index < -0.39 is 12.1 Å². The number of alkyl carbamates (subject to hydrolysis) is 1. The van der Waals surface area contributed by atoms with Crippen LogP contribution in [-0.2, 0) is 16.1 Å². The van der Waals surface area contributed by atoms with E-state index in [0.29, 0.717) is 6.54 Å². The number of benzene rings is 2. The highest BCUT2D eigenvalue weighted by Crippen LogP contribution is 2.23. The summed E-state index contributed by atoms with van der Waals surface area (Å²) in [6, 6.07) is 19.4. The number of ether oxygens (including phenoxy) is 1. The van der Waals surface area contributed by atoms with Crippen molar-refractivity contribution in [1.82, 2.24) is 15.1 Å². The van der Waals surface area contributed by atoms with Crippen molar-refractivity contribution in [3.63, 3.8) is 0 Å².